The number of imidazole rings is 1. The summed E-state index contributed by atoms with van der Waals surface area (Å²) in [7, 11) is 1.59. The van der Waals surface area contributed by atoms with Crippen LogP contribution in [-0.2, 0) is 0 Å². The molecule has 5 nitrogen and oxygen atoms in total. The first-order valence-electron chi connectivity index (χ1n) is 5.28. The van der Waals surface area contributed by atoms with Crippen LogP contribution in [0.25, 0.3) is 11.0 Å². The van der Waals surface area contributed by atoms with E-state index in [9.17, 15) is 0 Å². The van der Waals surface area contributed by atoms with Crippen molar-refractivity contribution in [2.75, 3.05) is 7.11 Å². The molecule has 0 saturated carbocycles. The summed E-state index contributed by atoms with van der Waals surface area (Å²) >= 11 is 0. The van der Waals surface area contributed by atoms with Crippen molar-refractivity contribution in [1.29, 1.82) is 5.26 Å². The number of fused-ring (bicyclic) bond motifs is 1. The summed E-state index contributed by atoms with van der Waals surface area (Å²) in [4.78, 5) is 7.06. The van der Waals surface area contributed by atoms with Gasteiger partial charge in [0.25, 0.3) is 0 Å². The molecule has 0 aliphatic heterocycles. The number of benzene rings is 1. The third kappa shape index (κ3) is 2.16. The van der Waals surface area contributed by atoms with Gasteiger partial charge in [0, 0.05) is 12.1 Å². The molecule has 0 saturated heterocycles. The van der Waals surface area contributed by atoms with Crippen LogP contribution >= 0.6 is 0 Å². The second-order valence-corrected chi connectivity index (χ2v) is 3.89. The van der Waals surface area contributed by atoms with E-state index < -0.39 is 0 Å². The molecule has 0 radical (unpaired) electrons. The van der Waals surface area contributed by atoms with Gasteiger partial charge in [0.15, 0.2) is 5.75 Å². The Balaban J connectivity index is 2.61. The third-order valence-corrected chi connectivity index (χ3v) is 2.23. The third-order valence-electron chi connectivity index (χ3n) is 2.23. The normalized spacial score (nSPS) is 10.5. The Bertz CT molecular complexity index is 581. The molecule has 1 heterocycles. The van der Waals surface area contributed by atoms with Crippen LogP contribution in [0.2, 0.25) is 0 Å². The number of methoxy groups -OCH3 is 1. The minimum atomic E-state index is 0.0348. The minimum absolute atomic E-state index is 0.0348. The zero-order chi connectivity index (χ0) is 12.4. The maximum absolute atomic E-state index is 8.82. The van der Waals surface area contributed by atoms with Crippen LogP contribution in [0.4, 0.5) is 0 Å². The average molecular weight is 231 g/mol. The summed E-state index contributed by atoms with van der Waals surface area (Å²) in [6.45, 7) is 3.87. The van der Waals surface area contributed by atoms with Crippen molar-refractivity contribution in [2.45, 2.75) is 20.0 Å². The molecule has 0 atom stereocenters. The summed E-state index contributed by atoms with van der Waals surface area (Å²) in [5.41, 5.74) is 1.38. The average Bonchev–Trinajstić information content (AvgIpc) is 2.71. The van der Waals surface area contributed by atoms with Crippen molar-refractivity contribution in [3.63, 3.8) is 0 Å². The number of hydrogen-bond donors (Lipinski definition) is 1. The molecule has 0 unspecified atom stereocenters. The molecular formula is C12H13N3O2. The summed E-state index contributed by atoms with van der Waals surface area (Å²) in [6, 6.07) is 5.53. The van der Waals surface area contributed by atoms with Gasteiger partial charge < -0.3 is 14.5 Å². The zero-order valence-electron chi connectivity index (χ0n) is 9.94. The van der Waals surface area contributed by atoms with Gasteiger partial charge in [-0.2, -0.15) is 5.26 Å². The second-order valence-electron chi connectivity index (χ2n) is 3.89. The number of aromatic amines is 1. The number of nitriles is 1. The van der Waals surface area contributed by atoms with E-state index in [0.717, 1.165) is 5.52 Å². The fourth-order valence-electron chi connectivity index (χ4n) is 1.58. The number of H-pyrrole nitrogens is 1. The van der Waals surface area contributed by atoms with Crippen molar-refractivity contribution >= 4 is 11.0 Å². The van der Waals surface area contributed by atoms with E-state index in [0.29, 0.717) is 17.0 Å². The van der Waals surface area contributed by atoms with Gasteiger partial charge in [-0.05, 0) is 13.8 Å². The molecule has 5 heteroatoms. The summed E-state index contributed by atoms with van der Waals surface area (Å²) < 4.78 is 10.8. The van der Waals surface area contributed by atoms with Gasteiger partial charge in [0.05, 0.1) is 18.7 Å². The van der Waals surface area contributed by atoms with E-state index in [1.807, 2.05) is 19.9 Å². The number of nitrogens with zero attached hydrogens (tertiary/aromatic N) is 2. The smallest absolute Gasteiger partial charge is 0.211 e. The van der Waals surface area contributed by atoms with Gasteiger partial charge in [-0.3, -0.25) is 0 Å². The fourth-order valence-corrected chi connectivity index (χ4v) is 1.58. The first-order chi connectivity index (χ1) is 8.13. The molecule has 0 bridgehead atoms. The highest BCUT2D eigenvalue weighted by atomic mass is 16.5. The minimum Gasteiger partial charge on any atom is -0.497 e. The predicted molar refractivity (Wildman–Crippen MR) is 63.1 cm³/mol. The lowest BCUT2D eigenvalue weighted by Gasteiger charge is -2.11. The molecule has 0 aliphatic rings. The first-order valence-corrected chi connectivity index (χ1v) is 5.28. The van der Waals surface area contributed by atoms with Crippen LogP contribution in [0.3, 0.4) is 0 Å². The van der Waals surface area contributed by atoms with E-state index in [1.54, 1.807) is 19.2 Å². The molecule has 0 spiro atoms. The largest absolute Gasteiger partial charge is 0.497 e. The molecule has 2 rings (SSSR count). The van der Waals surface area contributed by atoms with E-state index in [1.165, 1.54) is 0 Å². The highest BCUT2D eigenvalue weighted by Gasteiger charge is 2.12. The van der Waals surface area contributed by atoms with Crippen LogP contribution < -0.4 is 9.47 Å². The lowest BCUT2D eigenvalue weighted by atomic mass is 10.2. The molecule has 1 N–H and O–H groups in total. The number of hydrogen-bond acceptors (Lipinski definition) is 4. The van der Waals surface area contributed by atoms with E-state index in [-0.39, 0.29) is 11.9 Å². The van der Waals surface area contributed by atoms with Crippen LogP contribution in [0.1, 0.15) is 19.7 Å². The number of ether oxygens (including phenoxy) is 2. The Morgan fingerprint density at radius 1 is 1.41 bits per heavy atom. The maximum Gasteiger partial charge on any atom is 0.211 e. The van der Waals surface area contributed by atoms with Crippen LogP contribution in [0.15, 0.2) is 12.1 Å². The monoisotopic (exact) mass is 231 g/mol. The van der Waals surface area contributed by atoms with Crippen molar-refractivity contribution in [2.24, 2.45) is 0 Å². The molecule has 17 heavy (non-hydrogen) atoms. The topological polar surface area (TPSA) is 70.9 Å². The lowest BCUT2D eigenvalue weighted by molar-refractivity contribution is 0.244. The maximum atomic E-state index is 8.82. The molecule has 0 amide bonds. The summed E-state index contributed by atoms with van der Waals surface area (Å²) in [5, 5.41) is 8.82. The van der Waals surface area contributed by atoms with E-state index in [4.69, 9.17) is 14.7 Å². The van der Waals surface area contributed by atoms with Gasteiger partial charge in [-0.15, -0.1) is 0 Å². The Labute approximate surface area is 99.0 Å². The molecule has 1 aromatic carbocycles. The molecule has 0 aliphatic carbocycles. The zero-order valence-corrected chi connectivity index (χ0v) is 9.94. The van der Waals surface area contributed by atoms with Crippen LogP contribution in [0, 0.1) is 11.3 Å². The molecule has 1 aromatic heterocycles. The van der Waals surface area contributed by atoms with Crippen molar-refractivity contribution in [3.05, 3.63) is 18.0 Å². The summed E-state index contributed by atoms with van der Waals surface area (Å²) in [6.07, 6.45) is 0.0348. The number of rotatable bonds is 3. The Kier molecular flexibility index (Phi) is 2.88. The quantitative estimate of drug-likeness (QED) is 0.879. The Morgan fingerprint density at radius 3 is 2.76 bits per heavy atom. The van der Waals surface area contributed by atoms with Crippen molar-refractivity contribution < 1.29 is 9.47 Å². The van der Waals surface area contributed by atoms with E-state index in [2.05, 4.69) is 9.97 Å². The highest BCUT2D eigenvalue weighted by Crippen LogP contribution is 2.30. The molecular weight excluding hydrogens is 218 g/mol. The Hall–Kier alpha value is -2.22. The van der Waals surface area contributed by atoms with Gasteiger partial charge in [-0.1, -0.05) is 0 Å². The number of aromatic nitrogens is 2. The highest BCUT2D eigenvalue weighted by molar-refractivity contribution is 5.84. The standard InChI is InChI=1S/C12H13N3O2/c1-7(2)17-10-5-8(16-3)4-9-12(10)15-11(6-13)14-9/h4-5,7H,1-3H3,(H,14,15). The molecule has 2 aromatic rings. The van der Waals surface area contributed by atoms with Gasteiger partial charge >= 0.3 is 0 Å². The second kappa shape index (κ2) is 4.34. The molecule has 88 valence electrons. The SMILES string of the molecule is COc1cc(OC(C)C)c2nc(C#N)[nH]c2c1. The lowest BCUT2D eigenvalue weighted by Crippen LogP contribution is -2.06. The Morgan fingerprint density at radius 2 is 2.18 bits per heavy atom. The van der Waals surface area contributed by atoms with Crippen molar-refractivity contribution in [3.8, 4) is 17.6 Å². The predicted octanol–water partition coefficient (Wildman–Crippen LogP) is 2.23. The van der Waals surface area contributed by atoms with Crippen LogP contribution in [-0.4, -0.2) is 23.2 Å². The van der Waals surface area contributed by atoms with E-state index >= 15 is 0 Å². The fraction of sp³-hybridized carbons (Fsp3) is 0.333. The van der Waals surface area contributed by atoms with Gasteiger partial charge in [0.1, 0.15) is 17.3 Å². The van der Waals surface area contributed by atoms with Gasteiger partial charge in [0.2, 0.25) is 5.82 Å². The van der Waals surface area contributed by atoms with Gasteiger partial charge in [-0.25, -0.2) is 4.98 Å². The number of nitrogens with one attached hydrogen (secondary N) is 1. The summed E-state index contributed by atoms with van der Waals surface area (Å²) in [5.74, 6) is 1.55. The van der Waals surface area contributed by atoms with Crippen LogP contribution in [0.5, 0.6) is 11.5 Å². The van der Waals surface area contributed by atoms with Crippen molar-refractivity contribution in [1.82, 2.24) is 9.97 Å². The molecule has 0 fully saturated rings. The first kappa shape index (κ1) is 11.3.